The van der Waals surface area contributed by atoms with Gasteiger partial charge in [-0.3, -0.25) is 4.98 Å². The third-order valence-electron chi connectivity index (χ3n) is 4.22. The minimum atomic E-state index is -0.0210. The quantitative estimate of drug-likeness (QED) is 0.877. The van der Waals surface area contributed by atoms with Crippen LogP contribution in [0.3, 0.4) is 0 Å². The van der Waals surface area contributed by atoms with Crippen LogP contribution in [0.25, 0.3) is 0 Å². The van der Waals surface area contributed by atoms with E-state index < -0.39 is 0 Å². The zero-order chi connectivity index (χ0) is 16.9. The highest BCUT2D eigenvalue weighted by molar-refractivity contribution is 9.10. The van der Waals surface area contributed by atoms with E-state index in [-0.39, 0.29) is 6.03 Å². The number of aryl methyl sites for hydroxylation is 1. The van der Waals surface area contributed by atoms with Gasteiger partial charge >= 0.3 is 6.03 Å². The number of amides is 2. The standard InChI is InChI=1S/C18H21BrN4O/c1-14-12-16(5-6-17(14)19)22-8-10-23(11-9-22)18(24)21-13-15-4-2-3-7-20-15/h2-7,12H,8-11,13H2,1H3,(H,21,24). The summed E-state index contributed by atoms with van der Waals surface area (Å²) in [5, 5.41) is 2.94. The molecule has 3 rings (SSSR count). The summed E-state index contributed by atoms with van der Waals surface area (Å²) < 4.78 is 1.12. The largest absolute Gasteiger partial charge is 0.368 e. The molecule has 0 radical (unpaired) electrons. The van der Waals surface area contributed by atoms with E-state index in [2.05, 4.69) is 56.3 Å². The Hall–Kier alpha value is -2.08. The highest BCUT2D eigenvalue weighted by Gasteiger charge is 2.21. The molecule has 1 aliphatic heterocycles. The number of pyridine rings is 1. The number of halogens is 1. The normalized spacial score (nSPS) is 14.6. The third kappa shape index (κ3) is 4.06. The topological polar surface area (TPSA) is 48.5 Å². The summed E-state index contributed by atoms with van der Waals surface area (Å²) in [6.07, 6.45) is 1.74. The van der Waals surface area contributed by atoms with E-state index >= 15 is 0 Å². The predicted octanol–water partition coefficient (Wildman–Crippen LogP) is 3.18. The van der Waals surface area contributed by atoms with Crippen molar-refractivity contribution in [1.29, 1.82) is 0 Å². The van der Waals surface area contributed by atoms with E-state index in [0.29, 0.717) is 6.54 Å². The second kappa shape index (κ2) is 7.66. The fourth-order valence-electron chi connectivity index (χ4n) is 2.77. The first-order chi connectivity index (χ1) is 11.6. The van der Waals surface area contributed by atoms with Crippen molar-refractivity contribution in [3.63, 3.8) is 0 Å². The minimum Gasteiger partial charge on any atom is -0.368 e. The molecule has 1 N–H and O–H groups in total. The second-order valence-corrected chi connectivity index (χ2v) is 6.74. The van der Waals surface area contributed by atoms with E-state index in [0.717, 1.165) is 36.3 Å². The van der Waals surface area contributed by atoms with E-state index in [1.165, 1.54) is 11.3 Å². The summed E-state index contributed by atoms with van der Waals surface area (Å²) in [6.45, 7) is 5.70. The summed E-state index contributed by atoms with van der Waals surface area (Å²) in [4.78, 5) is 20.7. The Balaban J connectivity index is 1.51. The van der Waals surface area contributed by atoms with E-state index in [9.17, 15) is 4.79 Å². The molecule has 2 aromatic rings. The number of rotatable bonds is 3. The first-order valence-corrected chi connectivity index (χ1v) is 8.86. The van der Waals surface area contributed by atoms with Crippen LogP contribution in [-0.4, -0.2) is 42.1 Å². The predicted molar refractivity (Wildman–Crippen MR) is 99.1 cm³/mol. The molecule has 0 aliphatic carbocycles. The van der Waals surface area contributed by atoms with Gasteiger partial charge in [0, 0.05) is 42.5 Å². The fraction of sp³-hybridized carbons (Fsp3) is 0.333. The molecular formula is C18H21BrN4O. The lowest BCUT2D eigenvalue weighted by Crippen LogP contribution is -2.51. The number of nitrogens with one attached hydrogen (secondary N) is 1. The number of piperazine rings is 1. The summed E-state index contributed by atoms with van der Waals surface area (Å²) in [5.41, 5.74) is 3.31. The van der Waals surface area contributed by atoms with Crippen molar-refractivity contribution in [3.05, 3.63) is 58.3 Å². The number of aromatic nitrogens is 1. The van der Waals surface area contributed by atoms with Crippen LogP contribution in [-0.2, 0) is 6.54 Å². The van der Waals surface area contributed by atoms with Crippen molar-refractivity contribution in [3.8, 4) is 0 Å². The molecule has 0 unspecified atom stereocenters. The van der Waals surface area contributed by atoms with Gasteiger partial charge in [-0.25, -0.2) is 4.79 Å². The van der Waals surface area contributed by atoms with Gasteiger partial charge in [-0.1, -0.05) is 22.0 Å². The molecule has 126 valence electrons. The second-order valence-electron chi connectivity index (χ2n) is 5.89. The van der Waals surface area contributed by atoms with Crippen molar-refractivity contribution in [2.75, 3.05) is 31.1 Å². The SMILES string of the molecule is Cc1cc(N2CCN(C(=O)NCc3ccccn3)CC2)ccc1Br. The van der Waals surface area contributed by atoms with Crippen LogP contribution in [0, 0.1) is 6.92 Å². The highest BCUT2D eigenvalue weighted by atomic mass is 79.9. The van der Waals surface area contributed by atoms with E-state index in [4.69, 9.17) is 0 Å². The van der Waals surface area contributed by atoms with Gasteiger partial charge in [-0.05, 0) is 42.8 Å². The average molecular weight is 389 g/mol. The third-order valence-corrected chi connectivity index (χ3v) is 5.11. The van der Waals surface area contributed by atoms with Crippen molar-refractivity contribution in [1.82, 2.24) is 15.2 Å². The lowest BCUT2D eigenvalue weighted by Gasteiger charge is -2.36. The van der Waals surface area contributed by atoms with Crippen LogP contribution in [0.1, 0.15) is 11.3 Å². The molecule has 0 saturated carbocycles. The number of nitrogens with zero attached hydrogens (tertiary/aromatic N) is 3. The van der Waals surface area contributed by atoms with Crippen LogP contribution in [0.5, 0.6) is 0 Å². The van der Waals surface area contributed by atoms with Crippen molar-refractivity contribution in [2.24, 2.45) is 0 Å². The first-order valence-electron chi connectivity index (χ1n) is 8.07. The lowest BCUT2D eigenvalue weighted by atomic mass is 10.2. The summed E-state index contributed by atoms with van der Waals surface area (Å²) >= 11 is 3.53. The Morgan fingerprint density at radius 2 is 2.00 bits per heavy atom. The van der Waals surface area contributed by atoms with Crippen molar-refractivity contribution >= 4 is 27.6 Å². The molecule has 1 aromatic heterocycles. The number of hydrogen-bond donors (Lipinski definition) is 1. The summed E-state index contributed by atoms with van der Waals surface area (Å²) in [6, 6.07) is 12.1. The number of carbonyl (C=O) groups excluding carboxylic acids is 1. The van der Waals surface area contributed by atoms with Crippen LogP contribution in [0.4, 0.5) is 10.5 Å². The molecule has 2 amide bonds. The number of carbonyl (C=O) groups is 1. The maximum Gasteiger partial charge on any atom is 0.317 e. The lowest BCUT2D eigenvalue weighted by molar-refractivity contribution is 0.194. The molecule has 1 fully saturated rings. The van der Waals surface area contributed by atoms with Gasteiger partial charge in [0.15, 0.2) is 0 Å². The van der Waals surface area contributed by atoms with Crippen LogP contribution < -0.4 is 10.2 Å². The van der Waals surface area contributed by atoms with Gasteiger partial charge in [0.2, 0.25) is 0 Å². The van der Waals surface area contributed by atoms with Crippen LogP contribution in [0.2, 0.25) is 0 Å². The van der Waals surface area contributed by atoms with Crippen LogP contribution in [0.15, 0.2) is 47.1 Å². The molecule has 1 aromatic carbocycles. The van der Waals surface area contributed by atoms with Gasteiger partial charge in [-0.2, -0.15) is 0 Å². The summed E-state index contributed by atoms with van der Waals surface area (Å²) in [7, 11) is 0. The van der Waals surface area contributed by atoms with E-state index in [1.54, 1.807) is 6.20 Å². The molecule has 1 saturated heterocycles. The maximum atomic E-state index is 12.3. The molecule has 6 heteroatoms. The van der Waals surface area contributed by atoms with Crippen molar-refractivity contribution < 1.29 is 4.79 Å². The molecule has 5 nitrogen and oxygen atoms in total. The monoisotopic (exact) mass is 388 g/mol. The number of urea groups is 1. The number of hydrogen-bond acceptors (Lipinski definition) is 3. The molecule has 1 aliphatic rings. The molecule has 0 atom stereocenters. The van der Waals surface area contributed by atoms with E-state index in [1.807, 2.05) is 23.1 Å². The summed E-state index contributed by atoms with van der Waals surface area (Å²) in [5.74, 6) is 0. The zero-order valence-electron chi connectivity index (χ0n) is 13.7. The molecular weight excluding hydrogens is 368 g/mol. The van der Waals surface area contributed by atoms with Gasteiger partial charge in [0.1, 0.15) is 0 Å². The Morgan fingerprint density at radius 1 is 1.21 bits per heavy atom. The average Bonchev–Trinajstić information content (AvgIpc) is 2.63. The zero-order valence-corrected chi connectivity index (χ0v) is 15.3. The fourth-order valence-corrected chi connectivity index (χ4v) is 3.02. The highest BCUT2D eigenvalue weighted by Crippen LogP contribution is 2.23. The van der Waals surface area contributed by atoms with Gasteiger partial charge in [0.25, 0.3) is 0 Å². The maximum absolute atomic E-state index is 12.3. The molecule has 2 heterocycles. The Bertz CT molecular complexity index is 699. The molecule has 24 heavy (non-hydrogen) atoms. The van der Waals surface area contributed by atoms with Gasteiger partial charge in [0.05, 0.1) is 12.2 Å². The van der Waals surface area contributed by atoms with Crippen LogP contribution >= 0.6 is 15.9 Å². The molecule has 0 spiro atoms. The number of benzene rings is 1. The smallest absolute Gasteiger partial charge is 0.317 e. The molecule has 0 bridgehead atoms. The first kappa shape index (κ1) is 16.8. The van der Waals surface area contributed by atoms with Gasteiger partial charge in [-0.15, -0.1) is 0 Å². The Labute approximate surface area is 150 Å². The van der Waals surface area contributed by atoms with Gasteiger partial charge < -0.3 is 15.1 Å². The Kier molecular flexibility index (Phi) is 5.35. The minimum absolute atomic E-state index is 0.0210. The Morgan fingerprint density at radius 3 is 2.67 bits per heavy atom. The number of anilines is 1. The van der Waals surface area contributed by atoms with Crippen molar-refractivity contribution in [2.45, 2.75) is 13.5 Å².